The maximum Gasteiger partial charge on any atom is 1.00 e. The number of ether oxygens (including phenoxy) is 2. The molecule has 0 aliphatic carbocycles. The molecule has 0 spiro atoms. The van der Waals surface area contributed by atoms with Gasteiger partial charge in [0.25, 0.3) is 0 Å². The predicted molar refractivity (Wildman–Crippen MR) is 285 cm³/mol. The summed E-state index contributed by atoms with van der Waals surface area (Å²) in [4.78, 5) is 76.3. The minimum atomic E-state index is -0.590. The molecule has 0 bridgehead atoms. The van der Waals surface area contributed by atoms with E-state index in [9.17, 15) is 24.0 Å². The molecule has 3 radical (unpaired) electrons. The third-order valence-electron chi connectivity index (χ3n) is 13.1. The van der Waals surface area contributed by atoms with Gasteiger partial charge in [-0.05, 0) is 98.3 Å². The van der Waals surface area contributed by atoms with Crippen molar-refractivity contribution in [3.8, 4) is 0 Å². The molecule has 2 aliphatic rings. The van der Waals surface area contributed by atoms with Gasteiger partial charge in [-0.3, -0.25) is 19.6 Å². The summed E-state index contributed by atoms with van der Waals surface area (Å²) in [7, 11) is 6.67. The largest absolute Gasteiger partial charge is 1.00 e. The molecule has 75 heavy (non-hydrogen) atoms. The molecule has 1 N–H and O–H groups in total. The number of esters is 2. The number of likely N-dealkylation sites (N-methyl/N-ethyl adjacent to an activating group) is 2. The Kier molecular flexibility index (Phi) is 28.3. The van der Waals surface area contributed by atoms with E-state index in [2.05, 4.69) is 33.3 Å². The first kappa shape index (κ1) is 62.5. The van der Waals surface area contributed by atoms with Crippen LogP contribution in [0.15, 0.2) is 170 Å². The molecule has 2 saturated heterocycles. The summed E-state index contributed by atoms with van der Waals surface area (Å²) in [5, 5.41) is 9.42. The van der Waals surface area contributed by atoms with Crippen molar-refractivity contribution in [1.29, 1.82) is 5.26 Å². The summed E-state index contributed by atoms with van der Waals surface area (Å²) < 4.78 is 10.1. The number of nitrogens with zero attached hydrogens (tertiary/aromatic N) is 6. The van der Waals surface area contributed by atoms with Gasteiger partial charge in [-0.2, -0.15) is 0 Å². The smallest absolute Gasteiger partial charge is 0.512 e. The van der Waals surface area contributed by atoms with E-state index in [0.29, 0.717) is 32.4 Å². The van der Waals surface area contributed by atoms with Gasteiger partial charge in [0.05, 0.1) is 26.1 Å². The van der Waals surface area contributed by atoms with Crippen LogP contribution in [-0.2, 0) is 46.3 Å². The molecule has 4 heterocycles. The first-order valence-corrected chi connectivity index (χ1v) is 24.4. The number of aryl methyl sites for hydroxylation is 2. The monoisotopic (exact) mass is 1020 g/mol. The number of nitrogens with one attached hydrogen (secondary N) is 1. The Hall–Kier alpha value is -6.80. The van der Waals surface area contributed by atoms with E-state index in [0.717, 1.165) is 59.9 Å². The van der Waals surface area contributed by atoms with Crippen molar-refractivity contribution in [2.75, 3.05) is 47.9 Å². The standard InChI is InChI=1S/C29H33N3O3.C21H24N2O3.C8H9NO.CN.B.Na/c1-31(18-10-12-22-11-9-17-30-20-22)25-19-26(29(34)35-2)32(21-25)28(33)27(23-13-5-3-6-14-23)24-15-7-4-8-16-24;1-22-17-13-18(21(25)26-2)23(14-17)20(24)19(15-9-5-3-6-10-15)16-11-7-4-8-12-16;10-6-2-4-8-3-1-5-9-7-8;1-2;;/h3-9,11,13-17,20,25-27H,10,12,18-19,21H2,1-2H3;3-12,17-19,22H,13-14H2,1-2H3;1,3,5-7H,2,4H2;;;/q;;;-1;;+1/t25-,26-;17-,18-;;;;/m00..../s1. The number of carbonyl (C=O) groups is 5. The number of carbonyl (C=O) groups excluding carboxylic acids is 5. The summed E-state index contributed by atoms with van der Waals surface area (Å²) >= 11 is 0. The zero-order valence-electron chi connectivity index (χ0n) is 43.7. The minimum absolute atomic E-state index is 0. The number of aromatic nitrogens is 2. The SMILES string of the molecule is CN[C@H]1C[C@@H](C(=O)OC)N(C(=O)C(c2ccccc2)c2ccccc2)C1.COC(=O)[C@@H]1C[C@H](N(C)CCCc2cccnc2)CN1C(=O)C(c1ccccc1)c1ccccc1.O=CCCc1cccnc1.[B].[C-]#N.[Na+]. The molecule has 8 rings (SSSR count). The summed E-state index contributed by atoms with van der Waals surface area (Å²) in [5.41, 5.74) is 6.00. The van der Waals surface area contributed by atoms with Crippen molar-refractivity contribution in [2.45, 2.75) is 74.5 Å². The summed E-state index contributed by atoms with van der Waals surface area (Å²) in [6.07, 6.45) is 12.6. The molecule has 4 aromatic carbocycles. The van der Waals surface area contributed by atoms with Crippen molar-refractivity contribution in [3.05, 3.63) is 210 Å². The van der Waals surface area contributed by atoms with Crippen molar-refractivity contribution in [2.24, 2.45) is 0 Å². The second-order valence-electron chi connectivity index (χ2n) is 17.7. The van der Waals surface area contributed by atoms with Gasteiger partial charge in [0, 0.05) is 64.8 Å². The van der Waals surface area contributed by atoms with Crippen molar-refractivity contribution in [1.82, 2.24) is 30.0 Å². The normalized spacial score (nSPS) is 16.3. The molecule has 2 fully saturated rings. The van der Waals surface area contributed by atoms with E-state index in [4.69, 9.17) is 21.3 Å². The summed E-state index contributed by atoms with van der Waals surface area (Å²) in [6, 6.07) is 45.8. The van der Waals surface area contributed by atoms with E-state index in [-0.39, 0.29) is 73.8 Å². The van der Waals surface area contributed by atoms with Crippen LogP contribution in [0.5, 0.6) is 0 Å². The number of rotatable bonds is 17. The second kappa shape index (κ2) is 33.9. The number of methoxy groups -OCH3 is 2. The Morgan fingerprint density at radius 3 is 1.43 bits per heavy atom. The Bertz CT molecular complexity index is 2530. The molecule has 383 valence electrons. The molecule has 6 aromatic rings. The van der Waals surface area contributed by atoms with Gasteiger partial charge in [-0.25, -0.2) is 9.59 Å². The quantitative estimate of drug-likeness (QED) is 0.0603. The van der Waals surface area contributed by atoms with Crippen LogP contribution in [0.1, 0.15) is 70.9 Å². The fraction of sp³-hybridized carbons (Fsp3) is 0.322. The third kappa shape index (κ3) is 18.2. The predicted octanol–water partition coefficient (Wildman–Crippen LogP) is 4.03. The van der Waals surface area contributed by atoms with Crippen molar-refractivity contribution >= 4 is 38.5 Å². The van der Waals surface area contributed by atoms with E-state index in [1.165, 1.54) is 19.8 Å². The molecule has 2 amide bonds. The van der Waals surface area contributed by atoms with Gasteiger partial charge in [-0.1, -0.05) is 133 Å². The van der Waals surface area contributed by atoms with Gasteiger partial charge in [0.1, 0.15) is 18.4 Å². The van der Waals surface area contributed by atoms with Crippen molar-refractivity contribution < 1.29 is 63.0 Å². The average Bonchev–Trinajstić information content (AvgIpc) is 4.11. The fourth-order valence-corrected chi connectivity index (χ4v) is 9.29. The maximum absolute atomic E-state index is 14.0. The third-order valence-corrected chi connectivity index (χ3v) is 13.1. The zero-order valence-corrected chi connectivity index (χ0v) is 45.7. The summed E-state index contributed by atoms with van der Waals surface area (Å²) in [5.74, 6) is -1.78. The number of pyridine rings is 2. The minimum Gasteiger partial charge on any atom is -0.512 e. The van der Waals surface area contributed by atoms with E-state index in [1.807, 2.05) is 153 Å². The van der Waals surface area contributed by atoms with Gasteiger partial charge in [0.15, 0.2) is 0 Å². The number of hydrogen-bond acceptors (Lipinski definition) is 12. The van der Waals surface area contributed by atoms with E-state index in [1.54, 1.807) is 28.4 Å². The molecule has 0 unspecified atom stereocenters. The maximum atomic E-state index is 14.0. The first-order valence-electron chi connectivity index (χ1n) is 24.4. The van der Waals surface area contributed by atoms with Crippen LogP contribution in [0.25, 0.3) is 0 Å². The Morgan fingerprint density at radius 1 is 0.653 bits per heavy atom. The number of aldehydes is 1. The van der Waals surface area contributed by atoms with Gasteiger partial charge in [0.2, 0.25) is 11.8 Å². The van der Waals surface area contributed by atoms with Crippen molar-refractivity contribution in [3.63, 3.8) is 0 Å². The molecular weight excluding hydrogens is 952 g/mol. The number of benzene rings is 4. The van der Waals surface area contributed by atoms with Crippen LogP contribution < -0.4 is 34.9 Å². The molecule has 4 atom stereocenters. The fourth-order valence-electron chi connectivity index (χ4n) is 9.29. The van der Waals surface area contributed by atoms with Gasteiger partial charge in [-0.15, -0.1) is 0 Å². The Morgan fingerprint density at radius 2 is 1.05 bits per heavy atom. The second-order valence-corrected chi connectivity index (χ2v) is 17.7. The Balaban J connectivity index is 0.000000325. The molecule has 2 aromatic heterocycles. The topological polar surface area (TPSA) is 175 Å². The van der Waals surface area contributed by atoms with Crippen LogP contribution in [0.3, 0.4) is 0 Å². The Labute approximate surface area is 466 Å². The molecule has 2 aliphatic heterocycles. The van der Waals surface area contributed by atoms with Crippen LogP contribution >= 0.6 is 0 Å². The van der Waals surface area contributed by atoms with Crippen LogP contribution in [-0.4, -0.2) is 135 Å². The number of hydrogen-bond donors (Lipinski definition) is 1. The average molecular weight is 1020 g/mol. The van der Waals surface area contributed by atoms with E-state index >= 15 is 0 Å². The zero-order chi connectivity index (χ0) is 52.4. The number of amides is 2. The molecule has 14 nitrogen and oxygen atoms in total. The van der Waals surface area contributed by atoms with Crippen LogP contribution in [0.4, 0.5) is 0 Å². The van der Waals surface area contributed by atoms with Gasteiger partial charge < -0.3 is 46.1 Å². The summed E-state index contributed by atoms with van der Waals surface area (Å²) in [6.45, 7) is 6.61. The van der Waals surface area contributed by atoms with Crippen LogP contribution in [0.2, 0.25) is 0 Å². The number of likely N-dealkylation sites (tertiary alicyclic amines) is 2. The molecule has 16 heteroatoms. The molecule has 0 saturated carbocycles. The van der Waals surface area contributed by atoms with Gasteiger partial charge >= 0.3 is 41.5 Å². The first-order chi connectivity index (χ1) is 35.7. The van der Waals surface area contributed by atoms with Crippen LogP contribution in [0, 0.1) is 11.8 Å². The van der Waals surface area contributed by atoms with E-state index < -0.39 is 23.9 Å². The molecular formula is C59H66BN7NaO7.